The number of rotatable bonds is 4. The second kappa shape index (κ2) is 9.25. The average Bonchev–Trinajstić information content (AvgIpc) is 2.96. The third-order valence-electron chi connectivity index (χ3n) is 3.24. The van der Waals surface area contributed by atoms with Gasteiger partial charge in [0.25, 0.3) is 0 Å². The normalized spacial score (nSPS) is 10.0. The molecule has 0 unspecified atom stereocenters. The largest absolute Gasteiger partial charge is 0.388 e. The number of benzene rings is 2. The summed E-state index contributed by atoms with van der Waals surface area (Å²) in [5.74, 6) is 0.167. The van der Waals surface area contributed by atoms with Crippen LogP contribution in [0.4, 0.5) is 0 Å². The number of aromatic nitrogens is 2. The monoisotopic (exact) mass is 374 g/mol. The van der Waals surface area contributed by atoms with E-state index in [1.807, 2.05) is 48.8 Å². The number of nitrogens with two attached hydrogens (primary N) is 1. The molecule has 0 amide bonds. The highest BCUT2D eigenvalue weighted by Crippen LogP contribution is 2.15. The van der Waals surface area contributed by atoms with Crippen LogP contribution in [-0.2, 0) is 13.0 Å². The number of imidazole rings is 1. The van der Waals surface area contributed by atoms with Crippen molar-refractivity contribution in [1.82, 2.24) is 9.55 Å². The predicted octanol–water partition coefficient (Wildman–Crippen LogP) is 4.77. The van der Waals surface area contributed by atoms with Crippen LogP contribution in [0, 0.1) is 5.41 Å². The van der Waals surface area contributed by atoms with E-state index in [-0.39, 0.29) is 5.84 Å². The number of halogens is 2. The van der Waals surface area contributed by atoms with Crippen molar-refractivity contribution in [3.8, 4) is 0 Å². The minimum atomic E-state index is 0.167. The van der Waals surface area contributed by atoms with Crippen molar-refractivity contribution < 1.29 is 0 Å². The minimum absolute atomic E-state index is 0.167. The van der Waals surface area contributed by atoms with Crippen LogP contribution in [0.2, 0.25) is 10.0 Å². The molecule has 130 valence electrons. The Morgan fingerprint density at radius 3 is 2.40 bits per heavy atom. The SMILES string of the molecule is CC(=N)N.Clc1ccc(Cn2cnc(Cc3cccc(Cl)c3)c2)cc1. The van der Waals surface area contributed by atoms with Crippen LogP contribution in [0.3, 0.4) is 0 Å². The fraction of sp³-hybridized carbons (Fsp3) is 0.158. The summed E-state index contributed by atoms with van der Waals surface area (Å²) in [5.41, 5.74) is 8.09. The molecule has 1 aromatic heterocycles. The summed E-state index contributed by atoms with van der Waals surface area (Å²) < 4.78 is 2.07. The quantitative estimate of drug-likeness (QED) is 0.509. The smallest absolute Gasteiger partial charge is 0.0952 e. The van der Waals surface area contributed by atoms with Gasteiger partial charge in [-0.3, -0.25) is 5.41 Å². The molecular formula is C19H20Cl2N4. The Kier molecular flexibility index (Phi) is 7.04. The summed E-state index contributed by atoms with van der Waals surface area (Å²) >= 11 is 11.9. The number of hydrogen-bond donors (Lipinski definition) is 2. The Morgan fingerprint density at radius 2 is 1.76 bits per heavy atom. The fourth-order valence-corrected chi connectivity index (χ4v) is 2.58. The molecule has 0 aliphatic carbocycles. The van der Waals surface area contributed by atoms with Crippen LogP contribution in [0.25, 0.3) is 0 Å². The number of hydrogen-bond acceptors (Lipinski definition) is 2. The van der Waals surface area contributed by atoms with Crippen molar-refractivity contribution in [1.29, 1.82) is 5.41 Å². The first-order chi connectivity index (χ1) is 11.9. The molecule has 0 saturated carbocycles. The summed E-state index contributed by atoms with van der Waals surface area (Å²) in [6, 6.07) is 15.7. The van der Waals surface area contributed by atoms with Gasteiger partial charge in [0.2, 0.25) is 0 Å². The maximum Gasteiger partial charge on any atom is 0.0952 e. The Balaban J connectivity index is 0.000000511. The van der Waals surface area contributed by atoms with Crippen LogP contribution in [0.15, 0.2) is 61.1 Å². The average molecular weight is 375 g/mol. The number of nitrogens with zero attached hydrogens (tertiary/aromatic N) is 2. The lowest BCUT2D eigenvalue weighted by atomic mass is 10.1. The third kappa shape index (κ3) is 6.99. The molecule has 0 saturated heterocycles. The van der Waals surface area contributed by atoms with Gasteiger partial charge >= 0.3 is 0 Å². The summed E-state index contributed by atoms with van der Waals surface area (Å²) in [6.07, 6.45) is 4.71. The van der Waals surface area contributed by atoms with Crippen LogP contribution in [0.5, 0.6) is 0 Å². The van der Waals surface area contributed by atoms with E-state index in [0.29, 0.717) is 0 Å². The van der Waals surface area contributed by atoms with Crippen molar-refractivity contribution >= 4 is 29.0 Å². The molecule has 0 atom stereocenters. The molecule has 0 aliphatic heterocycles. The van der Waals surface area contributed by atoms with Gasteiger partial charge in [-0.1, -0.05) is 47.5 Å². The molecule has 2 aromatic carbocycles. The second-order valence-corrected chi connectivity index (χ2v) is 6.53. The van der Waals surface area contributed by atoms with Crippen molar-refractivity contribution in [2.24, 2.45) is 5.73 Å². The maximum absolute atomic E-state index is 6.28. The topological polar surface area (TPSA) is 67.7 Å². The van der Waals surface area contributed by atoms with Gasteiger partial charge < -0.3 is 10.3 Å². The molecular weight excluding hydrogens is 355 g/mol. The van der Waals surface area contributed by atoms with Crippen molar-refractivity contribution in [3.05, 3.63) is 87.9 Å². The zero-order valence-corrected chi connectivity index (χ0v) is 15.4. The molecule has 4 nitrogen and oxygen atoms in total. The molecule has 3 aromatic rings. The lowest BCUT2D eigenvalue weighted by molar-refractivity contribution is 0.796. The van der Waals surface area contributed by atoms with Crippen LogP contribution in [-0.4, -0.2) is 15.4 Å². The number of nitrogens with one attached hydrogen (secondary N) is 1. The molecule has 0 spiro atoms. The van der Waals surface area contributed by atoms with Crippen molar-refractivity contribution in [2.45, 2.75) is 19.9 Å². The lowest BCUT2D eigenvalue weighted by Crippen LogP contribution is -2.00. The van der Waals surface area contributed by atoms with Crippen LogP contribution < -0.4 is 5.73 Å². The van der Waals surface area contributed by atoms with Gasteiger partial charge in [-0.15, -0.1) is 0 Å². The highest BCUT2D eigenvalue weighted by atomic mass is 35.5. The first-order valence-corrected chi connectivity index (χ1v) is 8.48. The van der Waals surface area contributed by atoms with E-state index in [4.69, 9.17) is 34.3 Å². The Labute approximate surface area is 157 Å². The highest BCUT2D eigenvalue weighted by Gasteiger charge is 2.02. The van der Waals surface area contributed by atoms with Gasteiger partial charge in [-0.2, -0.15) is 0 Å². The first-order valence-electron chi connectivity index (χ1n) is 7.72. The Bertz CT molecular complexity index is 821. The lowest BCUT2D eigenvalue weighted by Gasteiger charge is -2.02. The van der Waals surface area contributed by atoms with Crippen LogP contribution >= 0.6 is 23.2 Å². The van der Waals surface area contributed by atoms with E-state index in [9.17, 15) is 0 Å². The maximum atomic E-state index is 6.28. The fourth-order valence-electron chi connectivity index (χ4n) is 2.24. The Morgan fingerprint density at radius 1 is 1.08 bits per heavy atom. The molecule has 0 fully saturated rings. The van der Waals surface area contributed by atoms with E-state index in [0.717, 1.165) is 28.7 Å². The van der Waals surface area contributed by atoms with Gasteiger partial charge in [0.15, 0.2) is 0 Å². The summed E-state index contributed by atoms with van der Waals surface area (Å²) in [5, 5.41) is 7.79. The molecule has 0 radical (unpaired) electrons. The van der Waals surface area contributed by atoms with Crippen LogP contribution in [0.1, 0.15) is 23.7 Å². The summed E-state index contributed by atoms with van der Waals surface area (Å²) in [7, 11) is 0. The molecule has 3 N–H and O–H groups in total. The highest BCUT2D eigenvalue weighted by molar-refractivity contribution is 6.30. The van der Waals surface area contributed by atoms with Crippen molar-refractivity contribution in [3.63, 3.8) is 0 Å². The molecule has 6 heteroatoms. The molecule has 3 rings (SSSR count). The van der Waals surface area contributed by atoms with Gasteiger partial charge in [0, 0.05) is 29.2 Å². The van der Waals surface area contributed by atoms with E-state index < -0.39 is 0 Å². The zero-order valence-electron chi connectivity index (χ0n) is 13.9. The number of amidine groups is 1. The van der Waals surface area contributed by atoms with Gasteiger partial charge in [0.05, 0.1) is 17.9 Å². The standard InChI is InChI=1S/C17H14Cl2N2.C2H6N2/c18-15-6-4-13(5-7-15)10-21-11-17(20-12-21)9-14-2-1-3-16(19)8-14;1-2(3)4/h1-8,11-12H,9-10H2;1H3,(H3,3,4). The summed E-state index contributed by atoms with van der Waals surface area (Å²) in [6.45, 7) is 2.32. The molecule has 0 aliphatic rings. The molecule has 0 bridgehead atoms. The van der Waals surface area contributed by atoms with E-state index in [1.54, 1.807) is 0 Å². The molecule has 1 heterocycles. The third-order valence-corrected chi connectivity index (χ3v) is 3.73. The van der Waals surface area contributed by atoms with E-state index in [1.165, 1.54) is 18.1 Å². The second-order valence-electron chi connectivity index (χ2n) is 5.65. The van der Waals surface area contributed by atoms with Gasteiger partial charge in [-0.05, 0) is 42.3 Å². The van der Waals surface area contributed by atoms with E-state index >= 15 is 0 Å². The first kappa shape index (κ1) is 19.0. The predicted molar refractivity (Wildman–Crippen MR) is 105 cm³/mol. The molecule has 25 heavy (non-hydrogen) atoms. The van der Waals surface area contributed by atoms with Gasteiger partial charge in [-0.25, -0.2) is 4.98 Å². The van der Waals surface area contributed by atoms with E-state index in [2.05, 4.69) is 21.8 Å². The van der Waals surface area contributed by atoms with Gasteiger partial charge in [0.1, 0.15) is 0 Å². The summed E-state index contributed by atoms with van der Waals surface area (Å²) in [4.78, 5) is 4.45. The van der Waals surface area contributed by atoms with Crippen molar-refractivity contribution in [2.75, 3.05) is 0 Å². The zero-order chi connectivity index (χ0) is 18.2. The minimum Gasteiger partial charge on any atom is -0.388 e. The Hall–Kier alpha value is -2.30.